The van der Waals surface area contributed by atoms with E-state index in [-0.39, 0.29) is 16.6 Å². The molecule has 0 fully saturated rings. The van der Waals surface area contributed by atoms with Crippen LogP contribution in [0.4, 0.5) is 0 Å². The van der Waals surface area contributed by atoms with E-state index in [9.17, 15) is 14.4 Å². The first-order valence-corrected chi connectivity index (χ1v) is 11.6. The van der Waals surface area contributed by atoms with Gasteiger partial charge in [-0.3, -0.25) is 14.4 Å². The second kappa shape index (κ2) is 10.9. The highest BCUT2D eigenvalue weighted by molar-refractivity contribution is 6.31. The third-order valence-electron chi connectivity index (χ3n) is 5.66. The van der Waals surface area contributed by atoms with Gasteiger partial charge in [0.05, 0.1) is 12.1 Å². The van der Waals surface area contributed by atoms with Gasteiger partial charge in [0.15, 0.2) is 5.43 Å². The summed E-state index contributed by atoms with van der Waals surface area (Å²) in [7, 11) is 0. The van der Waals surface area contributed by atoms with Gasteiger partial charge in [-0.05, 0) is 48.9 Å². The molecule has 0 saturated heterocycles. The number of aryl methyl sites for hydroxylation is 1. The number of pyridine rings is 2. The van der Waals surface area contributed by atoms with Crippen molar-refractivity contribution in [3.63, 3.8) is 0 Å². The highest BCUT2D eigenvalue weighted by Gasteiger charge is 2.08. The molecule has 2 aromatic heterocycles. The van der Waals surface area contributed by atoms with Crippen LogP contribution in [0.3, 0.4) is 0 Å². The predicted molar refractivity (Wildman–Crippen MR) is 144 cm³/mol. The first-order chi connectivity index (χ1) is 17.3. The maximum Gasteiger partial charge on any atom is 0.251 e. The number of hydrogen-bond acceptors (Lipinski definition) is 3. The topological polar surface area (TPSA) is 87.1 Å². The second-order valence-electron chi connectivity index (χ2n) is 8.24. The van der Waals surface area contributed by atoms with E-state index in [2.05, 4.69) is 0 Å². The first-order valence-electron chi connectivity index (χ1n) is 11.2. The van der Waals surface area contributed by atoms with Crippen molar-refractivity contribution in [2.24, 2.45) is 5.73 Å². The van der Waals surface area contributed by atoms with Crippen LogP contribution in [0, 0.1) is 6.92 Å². The summed E-state index contributed by atoms with van der Waals surface area (Å²) in [6.07, 6.45) is 3.44. The van der Waals surface area contributed by atoms with Gasteiger partial charge in [-0.1, -0.05) is 60.1 Å². The molecule has 6 nitrogen and oxygen atoms in total. The number of hydrogen-bond donors (Lipinski definition) is 1. The number of nitrogens with zero attached hydrogens (tertiary/aromatic N) is 2. The molecule has 0 aliphatic heterocycles. The molecule has 0 unspecified atom stereocenters. The molecule has 2 heterocycles. The average Bonchev–Trinajstić information content (AvgIpc) is 2.89. The smallest absolute Gasteiger partial charge is 0.251 e. The van der Waals surface area contributed by atoms with Crippen molar-refractivity contribution < 1.29 is 4.79 Å². The SMILES string of the molecule is Cc1cn(-c2ccccc2)c2cc(Cl)ccc2c1=O.NC(=O)c1ccn(Cc2ccccc2)c(=O)c1. The zero-order valence-corrected chi connectivity index (χ0v) is 20.4. The van der Waals surface area contributed by atoms with E-state index < -0.39 is 5.91 Å². The minimum Gasteiger partial charge on any atom is -0.366 e. The first kappa shape index (κ1) is 24.7. The Hall–Kier alpha value is -4.42. The zero-order valence-electron chi connectivity index (χ0n) is 19.6. The van der Waals surface area contributed by atoms with Crippen molar-refractivity contribution in [1.29, 1.82) is 0 Å². The molecule has 5 rings (SSSR count). The van der Waals surface area contributed by atoms with Gasteiger partial charge < -0.3 is 14.9 Å². The van der Waals surface area contributed by atoms with E-state index in [0.717, 1.165) is 22.3 Å². The molecule has 3 aromatic carbocycles. The van der Waals surface area contributed by atoms with Crippen LogP contribution >= 0.6 is 11.6 Å². The maximum absolute atomic E-state index is 12.2. The van der Waals surface area contributed by atoms with Crippen molar-refractivity contribution in [1.82, 2.24) is 9.13 Å². The van der Waals surface area contributed by atoms with Gasteiger partial charge in [0.25, 0.3) is 5.56 Å². The lowest BCUT2D eigenvalue weighted by Gasteiger charge is -2.12. The Labute approximate surface area is 212 Å². The summed E-state index contributed by atoms with van der Waals surface area (Å²) >= 11 is 6.05. The van der Waals surface area contributed by atoms with Crippen molar-refractivity contribution in [2.75, 3.05) is 0 Å². The molecule has 1 amide bonds. The number of nitrogens with two attached hydrogens (primary N) is 1. The standard InChI is InChI=1S/C16H12ClNO.C13H12N2O2/c1-11-10-18(13-5-3-2-4-6-13)15-9-12(17)7-8-14(15)16(11)19;14-13(17)11-6-7-15(12(16)8-11)9-10-4-2-1-3-5-10/h2-10H,1H3;1-8H,9H2,(H2,14,17). The number of rotatable bonds is 4. The molecular formula is C29H24ClN3O3. The number of halogens is 1. The lowest BCUT2D eigenvalue weighted by molar-refractivity contribution is 0.1000. The Balaban J connectivity index is 0.000000170. The van der Waals surface area contributed by atoms with Crippen molar-refractivity contribution >= 4 is 28.4 Å². The molecule has 2 N–H and O–H groups in total. The Morgan fingerprint density at radius 2 is 1.56 bits per heavy atom. The van der Waals surface area contributed by atoms with E-state index in [1.54, 1.807) is 24.4 Å². The summed E-state index contributed by atoms with van der Waals surface area (Å²) in [5.41, 5.74) is 8.75. The van der Waals surface area contributed by atoms with Gasteiger partial charge in [0.2, 0.25) is 5.91 Å². The Kier molecular flexibility index (Phi) is 7.47. The highest BCUT2D eigenvalue weighted by Crippen LogP contribution is 2.21. The van der Waals surface area contributed by atoms with Crippen LogP contribution in [-0.2, 0) is 6.54 Å². The van der Waals surface area contributed by atoms with Gasteiger partial charge in [-0.15, -0.1) is 0 Å². The van der Waals surface area contributed by atoms with Crippen LogP contribution in [0.2, 0.25) is 5.02 Å². The normalized spacial score (nSPS) is 10.5. The number of benzene rings is 3. The van der Waals surface area contributed by atoms with Gasteiger partial charge in [-0.25, -0.2) is 0 Å². The summed E-state index contributed by atoms with van der Waals surface area (Å²) < 4.78 is 3.53. The third kappa shape index (κ3) is 5.62. The number of primary amides is 1. The molecular weight excluding hydrogens is 474 g/mol. The van der Waals surface area contributed by atoms with Gasteiger partial charge in [0, 0.05) is 45.7 Å². The minimum atomic E-state index is -0.589. The molecule has 180 valence electrons. The summed E-state index contributed by atoms with van der Waals surface area (Å²) in [5.74, 6) is -0.589. The van der Waals surface area contributed by atoms with E-state index in [4.69, 9.17) is 17.3 Å². The fraction of sp³-hybridized carbons (Fsp3) is 0.0690. The van der Waals surface area contributed by atoms with E-state index in [1.165, 1.54) is 10.6 Å². The van der Waals surface area contributed by atoms with Crippen LogP contribution < -0.4 is 16.7 Å². The lowest BCUT2D eigenvalue weighted by Crippen LogP contribution is -2.22. The average molecular weight is 498 g/mol. The largest absolute Gasteiger partial charge is 0.366 e. The monoisotopic (exact) mass is 497 g/mol. The Bertz CT molecular complexity index is 1640. The van der Waals surface area contributed by atoms with Crippen molar-refractivity contribution in [3.05, 3.63) is 146 Å². The Morgan fingerprint density at radius 3 is 2.19 bits per heavy atom. The highest BCUT2D eigenvalue weighted by atomic mass is 35.5. The van der Waals surface area contributed by atoms with Crippen LogP contribution in [0.15, 0.2) is 113 Å². The summed E-state index contributed by atoms with van der Waals surface area (Å²) in [5, 5.41) is 1.31. The number of amides is 1. The quantitative estimate of drug-likeness (QED) is 0.381. The molecule has 7 heteroatoms. The maximum atomic E-state index is 12.2. The second-order valence-corrected chi connectivity index (χ2v) is 8.68. The third-order valence-corrected chi connectivity index (χ3v) is 5.89. The van der Waals surface area contributed by atoms with Gasteiger partial charge in [-0.2, -0.15) is 0 Å². The molecule has 0 spiro atoms. The van der Waals surface area contributed by atoms with E-state index in [1.807, 2.05) is 84.4 Å². The molecule has 0 saturated carbocycles. The molecule has 0 radical (unpaired) electrons. The summed E-state index contributed by atoms with van der Waals surface area (Å²) in [4.78, 5) is 34.8. The summed E-state index contributed by atoms with van der Waals surface area (Å²) in [6, 6.07) is 27.7. The fourth-order valence-electron chi connectivity index (χ4n) is 3.80. The van der Waals surface area contributed by atoms with Crippen LogP contribution in [0.1, 0.15) is 21.5 Å². The van der Waals surface area contributed by atoms with E-state index >= 15 is 0 Å². The number of fused-ring (bicyclic) bond motifs is 1. The van der Waals surface area contributed by atoms with E-state index in [0.29, 0.717) is 17.0 Å². The molecule has 0 aliphatic carbocycles. The van der Waals surface area contributed by atoms with Gasteiger partial charge in [0.1, 0.15) is 0 Å². The number of carbonyl (C=O) groups is 1. The number of carbonyl (C=O) groups excluding carboxylic acids is 1. The van der Waals surface area contributed by atoms with Crippen molar-refractivity contribution in [2.45, 2.75) is 13.5 Å². The molecule has 36 heavy (non-hydrogen) atoms. The van der Waals surface area contributed by atoms with Gasteiger partial charge >= 0.3 is 0 Å². The fourth-order valence-corrected chi connectivity index (χ4v) is 3.97. The number of para-hydroxylation sites is 1. The lowest BCUT2D eigenvalue weighted by atomic mass is 10.1. The van der Waals surface area contributed by atoms with Crippen LogP contribution in [0.25, 0.3) is 16.6 Å². The zero-order chi connectivity index (χ0) is 25.7. The van der Waals surface area contributed by atoms with Crippen molar-refractivity contribution in [3.8, 4) is 5.69 Å². The molecule has 0 atom stereocenters. The van der Waals surface area contributed by atoms with Crippen LogP contribution in [0.5, 0.6) is 0 Å². The summed E-state index contributed by atoms with van der Waals surface area (Å²) in [6.45, 7) is 2.31. The Morgan fingerprint density at radius 1 is 0.889 bits per heavy atom. The minimum absolute atomic E-state index is 0.0545. The number of aromatic nitrogens is 2. The molecule has 5 aromatic rings. The van der Waals surface area contributed by atoms with Crippen LogP contribution in [-0.4, -0.2) is 15.0 Å². The molecule has 0 bridgehead atoms. The predicted octanol–water partition coefficient (Wildman–Crippen LogP) is 4.95. The molecule has 0 aliphatic rings.